The first-order valence-electron chi connectivity index (χ1n) is 8.77. The maximum Gasteiger partial charge on any atom is 0.414 e. The Bertz CT molecular complexity index is 558. The molecule has 2 fully saturated rings. The molecule has 0 bridgehead atoms. The van der Waals surface area contributed by atoms with Gasteiger partial charge in [0.15, 0.2) is 0 Å². The van der Waals surface area contributed by atoms with E-state index in [-0.39, 0.29) is 6.09 Å². The number of carbonyl (C=O) groups is 1. The Morgan fingerprint density at radius 3 is 2.74 bits per heavy atom. The number of rotatable bonds is 2. The van der Waals surface area contributed by atoms with E-state index in [0.29, 0.717) is 11.8 Å². The summed E-state index contributed by atoms with van der Waals surface area (Å²) in [7, 11) is 5.67. The molecule has 4 nitrogen and oxygen atoms in total. The lowest BCUT2D eigenvalue weighted by molar-refractivity contribution is 0.0363. The van der Waals surface area contributed by atoms with Crippen LogP contribution in [0.25, 0.3) is 0 Å². The van der Waals surface area contributed by atoms with Crippen LogP contribution in [0.3, 0.4) is 0 Å². The molecule has 1 aromatic rings. The predicted octanol–water partition coefficient (Wildman–Crippen LogP) is 4.07. The molecular formula is C19H28N2O2. The Morgan fingerprint density at radius 1 is 1.17 bits per heavy atom. The number of hydrogen-bond acceptors (Lipinski definition) is 3. The second kappa shape index (κ2) is 6.91. The van der Waals surface area contributed by atoms with Crippen molar-refractivity contribution in [2.24, 2.45) is 5.92 Å². The topological polar surface area (TPSA) is 32.8 Å². The van der Waals surface area contributed by atoms with E-state index in [4.69, 9.17) is 4.74 Å². The van der Waals surface area contributed by atoms with Gasteiger partial charge >= 0.3 is 6.09 Å². The van der Waals surface area contributed by atoms with Gasteiger partial charge in [-0.05, 0) is 56.3 Å². The SMILES string of the molecule is CN(C)C(=O)Oc1cccc([C@@H]2CC[C@H]3CCCC[C@H]3N2C)c1. The first-order valence-corrected chi connectivity index (χ1v) is 8.77. The zero-order valence-corrected chi connectivity index (χ0v) is 14.5. The number of nitrogens with zero attached hydrogens (tertiary/aromatic N) is 2. The number of fused-ring (bicyclic) bond motifs is 1. The molecule has 1 aromatic carbocycles. The Balaban J connectivity index is 1.75. The zero-order valence-electron chi connectivity index (χ0n) is 14.5. The van der Waals surface area contributed by atoms with E-state index in [9.17, 15) is 4.79 Å². The fraction of sp³-hybridized carbons (Fsp3) is 0.632. The molecule has 4 heteroatoms. The Hall–Kier alpha value is -1.55. The standard InChI is InChI=1S/C19H28N2O2/c1-20(2)19(22)23-16-9-6-8-15(13-16)18-12-11-14-7-4-5-10-17(14)21(18)3/h6,8-9,13-14,17-18H,4-5,7,10-12H2,1-3H3/t14-,17-,18+/m1/s1. The molecule has 3 atom stereocenters. The van der Waals surface area contributed by atoms with Crippen LogP contribution in [0, 0.1) is 5.92 Å². The average molecular weight is 316 g/mol. The zero-order chi connectivity index (χ0) is 16.4. The lowest BCUT2D eigenvalue weighted by atomic mass is 9.75. The minimum atomic E-state index is -0.327. The van der Waals surface area contributed by atoms with Crippen LogP contribution in [0.15, 0.2) is 24.3 Å². The highest BCUT2D eigenvalue weighted by atomic mass is 16.6. The molecule has 1 saturated heterocycles. The van der Waals surface area contributed by atoms with E-state index in [1.807, 2.05) is 18.2 Å². The summed E-state index contributed by atoms with van der Waals surface area (Å²) in [6, 6.07) is 9.21. The summed E-state index contributed by atoms with van der Waals surface area (Å²) >= 11 is 0. The third-order valence-corrected chi connectivity index (χ3v) is 5.51. The summed E-state index contributed by atoms with van der Waals surface area (Å²) in [5, 5.41) is 0. The fourth-order valence-corrected chi connectivity index (χ4v) is 4.25. The second-order valence-corrected chi connectivity index (χ2v) is 7.21. The minimum Gasteiger partial charge on any atom is -0.410 e. The molecule has 3 rings (SSSR count). The van der Waals surface area contributed by atoms with Crippen molar-refractivity contribution in [1.82, 2.24) is 9.80 Å². The van der Waals surface area contributed by atoms with E-state index in [1.165, 1.54) is 49.0 Å². The maximum atomic E-state index is 11.7. The number of hydrogen-bond donors (Lipinski definition) is 0. The number of piperidine rings is 1. The third-order valence-electron chi connectivity index (χ3n) is 5.51. The fourth-order valence-electron chi connectivity index (χ4n) is 4.25. The van der Waals surface area contributed by atoms with E-state index in [0.717, 1.165) is 12.0 Å². The molecule has 1 amide bonds. The van der Waals surface area contributed by atoms with Gasteiger partial charge in [-0.3, -0.25) is 4.90 Å². The second-order valence-electron chi connectivity index (χ2n) is 7.21. The highest BCUT2D eigenvalue weighted by Crippen LogP contribution is 2.42. The molecule has 23 heavy (non-hydrogen) atoms. The van der Waals surface area contributed by atoms with Crippen LogP contribution < -0.4 is 4.74 Å². The van der Waals surface area contributed by atoms with Crippen molar-refractivity contribution in [3.05, 3.63) is 29.8 Å². The van der Waals surface area contributed by atoms with E-state index in [2.05, 4.69) is 18.0 Å². The highest BCUT2D eigenvalue weighted by molar-refractivity contribution is 5.70. The van der Waals surface area contributed by atoms with Gasteiger partial charge in [0.25, 0.3) is 0 Å². The monoisotopic (exact) mass is 316 g/mol. The molecule has 126 valence electrons. The Kier molecular flexibility index (Phi) is 4.90. The van der Waals surface area contributed by atoms with Gasteiger partial charge in [0, 0.05) is 26.2 Å². The molecule has 0 unspecified atom stereocenters. The maximum absolute atomic E-state index is 11.7. The van der Waals surface area contributed by atoms with Crippen molar-refractivity contribution in [3.8, 4) is 5.75 Å². The van der Waals surface area contributed by atoms with E-state index >= 15 is 0 Å². The minimum absolute atomic E-state index is 0.327. The van der Waals surface area contributed by atoms with Crippen LogP contribution in [0.4, 0.5) is 4.79 Å². The number of likely N-dealkylation sites (tertiary alicyclic amines) is 1. The summed E-state index contributed by atoms with van der Waals surface area (Å²) < 4.78 is 5.42. The first-order chi connectivity index (χ1) is 11.1. The van der Waals surface area contributed by atoms with Crippen LogP contribution in [0.1, 0.15) is 50.1 Å². The van der Waals surface area contributed by atoms with Crippen LogP contribution in [0.2, 0.25) is 0 Å². The van der Waals surface area contributed by atoms with Gasteiger partial charge in [0.2, 0.25) is 0 Å². The van der Waals surface area contributed by atoms with Gasteiger partial charge in [-0.2, -0.15) is 0 Å². The summed E-state index contributed by atoms with van der Waals surface area (Å²) in [5.74, 6) is 1.51. The summed E-state index contributed by atoms with van der Waals surface area (Å²) in [6.07, 6.45) is 7.67. The molecule has 1 saturated carbocycles. The molecule has 0 spiro atoms. The molecular weight excluding hydrogens is 288 g/mol. The Labute approximate surface area is 139 Å². The number of benzene rings is 1. The van der Waals surface area contributed by atoms with Crippen molar-refractivity contribution < 1.29 is 9.53 Å². The van der Waals surface area contributed by atoms with Crippen molar-refractivity contribution in [3.63, 3.8) is 0 Å². The molecule has 0 aromatic heterocycles. The quantitative estimate of drug-likeness (QED) is 0.824. The smallest absolute Gasteiger partial charge is 0.410 e. The van der Waals surface area contributed by atoms with E-state index in [1.54, 1.807) is 14.1 Å². The highest BCUT2D eigenvalue weighted by Gasteiger charge is 2.36. The van der Waals surface area contributed by atoms with Crippen molar-refractivity contribution in [2.45, 2.75) is 50.6 Å². The number of amides is 1. The first kappa shape index (κ1) is 16.3. The van der Waals surface area contributed by atoms with Crippen LogP contribution in [0.5, 0.6) is 5.75 Å². The lowest BCUT2D eigenvalue weighted by Gasteiger charge is -2.47. The average Bonchev–Trinajstić information content (AvgIpc) is 2.55. The van der Waals surface area contributed by atoms with Crippen molar-refractivity contribution in [1.29, 1.82) is 0 Å². The summed E-state index contributed by atoms with van der Waals surface area (Å²) in [4.78, 5) is 15.8. The van der Waals surface area contributed by atoms with Gasteiger partial charge in [-0.15, -0.1) is 0 Å². The largest absolute Gasteiger partial charge is 0.414 e. The van der Waals surface area contributed by atoms with Crippen molar-refractivity contribution in [2.75, 3.05) is 21.1 Å². The molecule has 1 aliphatic carbocycles. The number of carbonyl (C=O) groups excluding carboxylic acids is 1. The molecule has 0 radical (unpaired) electrons. The summed E-state index contributed by atoms with van der Waals surface area (Å²) in [5.41, 5.74) is 1.26. The van der Waals surface area contributed by atoms with Gasteiger partial charge in [0.05, 0.1) is 0 Å². The van der Waals surface area contributed by atoms with Crippen molar-refractivity contribution >= 4 is 6.09 Å². The predicted molar refractivity (Wildman–Crippen MR) is 91.6 cm³/mol. The van der Waals surface area contributed by atoms with Crippen LogP contribution in [-0.4, -0.2) is 43.1 Å². The van der Waals surface area contributed by atoms with Gasteiger partial charge in [-0.25, -0.2) is 4.79 Å². The van der Waals surface area contributed by atoms with Gasteiger partial charge in [0.1, 0.15) is 5.75 Å². The Morgan fingerprint density at radius 2 is 1.96 bits per heavy atom. The molecule has 2 aliphatic rings. The lowest BCUT2D eigenvalue weighted by Crippen LogP contribution is -2.46. The van der Waals surface area contributed by atoms with Crippen LogP contribution in [-0.2, 0) is 0 Å². The van der Waals surface area contributed by atoms with Gasteiger partial charge < -0.3 is 9.64 Å². The normalized spacial score (nSPS) is 28.0. The molecule has 1 aliphatic heterocycles. The number of ether oxygens (including phenoxy) is 1. The molecule has 0 N–H and O–H groups in total. The van der Waals surface area contributed by atoms with Gasteiger partial charge in [-0.1, -0.05) is 25.0 Å². The third kappa shape index (κ3) is 3.52. The van der Waals surface area contributed by atoms with Crippen LogP contribution >= 0.6 is 0 Å². The van der Waals surface area contributed by atoms with E-state index < -0.39 is 0 Å². The molecule has 1 heterocycles. The summed E-state index contributed by atoms with van der Waals surface area (Å²) in [6.45, 7) is 0.